The molecule has 0 amide bonds. The Labute approximate surface area is 73.2 Å². The van der Waals surface area contributed by atoms with Crippen LogP contribution in [-0.4, -0.2) is 15.4 Å². The lowest BCUT2D eigenvalue weighted by Gasteiger charge is -1.91. The molecule has 4 heteroatoms. The first kappa shape index (κ1) is 7.36. The van der Waals surface area contributed by atoms with Crippen LogP contribution in [0.2, 0.25) is 0 Å². The quantitative estimate of drug-likeness (QED) is 0.619. The minimum Gasteiger partial charge on any atom is -0.294 e. The highest BCUT2D eigenvalue weighted by Gasteiger charge is 2.02. The van der Waals surface area contributed by atoms with E-state index in [1.165, 1.54) is 11.5 Å². The second-order valence-corrected chi connectivity index (χ2v) is 3.11. The van der Waals surface area contributed by atoms with Crippen LogP contribution in [0.25, 0.3) is 10.2 Å². The van der Waals surface area contributed by atoms with Crippen LogP contribution >= 0.6 is 11.5 Å². The number of carbonyl (C=O) groups excluding carboxylic acids is 1. The fourth-order valence-electron chi connectivity index (χ4n) is 0.934. The Balaban J connectivity index is 2.68. The van der Waals surface area contributed by atoms with E-state index < -0.39 is 5.78 Å². The summed E-state index contributed by atoms with van der Waals surface area (Å²) in [6.45, 7) is 5.09. The molecule has 2 rings (SSSR count). The predicted molar refractivity (Wildman–Crippen MR) is 46.0 cm³/mol. The largest absolute Gasteiger partial charge is 0.294 e. The van der Waals surface area contributed by atoms with Crippen LogP contribution in [0.1, 0.15) is 10.4 Å². The maximum atomic E-state index is 10.7. The third kappa shape index (κ3) is 1.10. The van der Waals surface area contributed by atoms with Crippen LogP contribution in [0.15, 0.2) is 18.2 Å². The van der Waals surface area contributed by atoms with E-state index in [0.717, 1.165) is 10.2 Å². The monoisotopic (exact) mass is 176 g/mol. The molecule has 2 aromatic rings. The van der Waals surface area contributed by atoms with Crippen LogP contribution < -0.4 is 0 Å². The maximum absolute atomic E-state index is 10.7. The van der Waals surface area contributed by atoms with E-state index in [2.05, 4.69) is 9.59 Å². The molecule has 0 aliphatic rings. The Kier molecular flexibility index (Phi) is 1.62. The first-order chi connectivity index (χ1) is 5.77. The molecule has 0 unspecified atom stereocenters. The van der Waals surface area contributed by atoms with Crippen molar-refractivity contribution in [3.8, 4) is 0 Å². The van der Waals surface area contributed by atoms with E-state index in [0.29, 0.717) is 5.56 Å². The lowest BCUT2D eigenvalue weighted by molar-refractivity contribution is 0.104. The van der Waals surface area contributed by atoms with E-state index in [-0.39, 0.29) is 0 Å². The van der Waals surface area contributed by atoms with Gasteiger partial charge in [-0.3, -0.25) is 4.79 Å². The Morgan fingerprint density at radius 2 is 2.33 bits per heavy atom. The maximum Gasteiger partial charge on any atom is 0.167 e. The minimum absolute atomic E-state index is 0.440. The van der Waals surface area contributed by atoms with Crippen molar-refractivity contribution >= 4 is 27.5 Å². The van der Waals surface area contributed by atoms with Gasteiger partial charge in [0.25, 0.3) is 0 Å². The molecular weight excluding hydrogens is 172 g/mol. The topological polar surface area (TPSA) is 42.9 Å². The lowest BCUT2D eigenvalue weighted by atomic mass is 10.1. The Bertz CT molecular complexity index is 435. The Morgan fingerprint density at radius 1 is 1.50 bits per heavy atom. The van der Waals surface area contributed by atoms with Crippen LogP contribution in [-0.2, 0) is 0 Å². The standard InChI is InChI=1S/C8H4N2OS/c1-5(11)6-2-3-8-7(4-6)9-10-12-8/h1-4H. The molecule has 0 fully saturated rings. The van der Waals surface area contributed by atoms with Gasteiger partial charge in [0.1, 0.15) is 5.52 Å². The molecule has 0 saturated heterocycles. The number of carbonyl (C=O) groups is 1. The highest BCUT2D eigenvalue weighted by Crippen LogP contribution is 2.16. The van der Waals surface area contributed by atoms with Crippen molar-refractivity contribution in [2.75, 3.05) is 0 Å². The number of aromatic nitrogens is 2. The summed E-state index contributed by atoms with van der Waals surface area (Å²) in [5.74, 6) is -0.440. The Morgan fingerprint density at radius 3 is 3.08 bits per heavy atom. The number of fused-ring (bicyclic) bond motifs is 1. The fourth-order valence-corrected chi connectivity index (χ4v) is 1.47. The number of benzene rings is 1. The number of hydrogen-bond acceptors (Lipinski definition) is 4. The summed E-state index contributed by atoms with van der Waals surface area (Å²) in [4.78, 5) is 10.7. The highest BCUT2D eigenvalue weighted by molar-refractivity contribution is 7.12. The molecule has 0 aliphatic heterocycles. The molecule has 0 bridgehead atoms. The summed E-state index contributed by atoms with van der Waals surface area (Å²) in [6, 6.07) is 5.10. The molecule has 58 valence electrons. The summed E-state index contributed by atoms with van der Waals surface area (Å²) in [6.07, 6.45) is 0. The number of hydrogen-bond donors (Lipinski definition) is 0. The lowest BCUT2D eigenvalue weighted by Crippen LogP contribution is -1.90. The number of ketones is 1. The molecule has 0 N–H and O–H groups in total. The first-order valence-corrected chi connectivity index (χ1v) is 4.06. The molecule has 1 aromatic heterocycles. The smallest absolute Gasteiger partial charge is 0.167 e. The van der Waals surface area contributed by atoms with Crippen molar-refractivity contribution in [3.05, 3.63) is 30.7 Å². The molecule has 3 nitrogen and oxygen atoms in total. The van der Waals surface area contributed by atoms with Crippen LogP contribution in [0.5, 0.6) is 0 Å². The van der Waals surface area contributed by atoms with E-state index >= 15 is 0 Å². The van der Waals surface area contributed by atoms with Crippen molar-refractivity contribution in [2.24, 2.45) is 0 Å². The SMILES string of the molecule is [CH]C(=O)c1ccc2snnc2c1. The van der Waals surface area contributed by atoms with Crippen molar-refractivity contribution in [2.45, 2.75) is 0 Å². The predicted octanol–water partition coefficient (Wildman–Crippen LogP) is 1.59. The molecule has 0 aliphatic carbocycles. The van der Waals surface area contributed by atoms with E-state index in [1.54, 1.807) is 18.2 Å². The summed E-state index contributed by atoms with van der Waals surface area (Å²) in [5, 5.41) is 3.82. The van der Waals surface area contributed by atoms with Gasteiger partial charge >= 0.3 is 0 Å². The number of Topliss-reactive ketones (excluding diaryl/α,β-unsaturated/α-hetero) is 1. The normalized spacial score (nSPS) is 10.4. The van der Waals surface area contributed by atoms with Gasteiger partial charge in [0.05, 0.1) is 4.70 Å². The first-order valence-electron chi connectivity index (χ1n) is 3.29. The van der Waals surface area contributed by atoms with Crippen LogP contribution in [0, 0.1) is 6.92 Å². The Hall–Kier alpha value is -1.29. The summed E-state index contributed by atoms with van der Waals surface area (Å²) in [7, 11) is 0. The fraction of sp³-hybridized carbons (Fsp3) is 0. The van der Waals surface area contributed by atoms with Crippen LogP contribution in [0.3, 0.4) is 0 Å². The molecule has 0 atom stereocenters. The molecule has 0 saturated carbocycles. The average molecular weight is 176 g/mol. The van der Waals surface area contributed by atoms with Gasteiger partial charge in [0.2, 0.25) is 0 Å². The van der Waals surface area contributed by atoms with E-state index in [9.17, 15) is 4.79 Å². The second-order valence-electron chi connectivity index (χ2n) is 2.32. The highest BCUT2D eigenvalue weighted by atomic mass is 32.1. The van der Waals surface area contributed by atoms with Gasteiger partial charge in [-0.15, -0.1) is 5.10 Å². The van der Waals surface area contributed by atoms with Crippen molar-refractivity contribution in [3.63, 3.8) is 0 Å². The molecule has 0 spiro atoms. The van der Waals surface area contributed by atoms with Gasteiger partial charge < -0.3 is 0 Å². The van der Waals surface area contributed by atoms with Gasteiger partial charge in [-0.25, -0.2) is 0 Å². The molecule has 12 heavy (non-hydrogen) atoms. The van der Waals surface area contributed by atoms with Gasteiger partial charge in [-0.1, -0.05) is 4.49 Å². The van der Waals surface area contributed by atoms with Gasteiger partial charge in [0, 0.05) is 12.5 Å². The second kappa shape index (κ2) is 2.64. The summed E-state index contributed by atoms with van der Waals surface area (Å²) >= 11 is 1.29. The zero-order valence-corrected chi connectivity index (χ0v) is 6.84. The molecular formula is C8H4N2OS. The average Bonchev–Trinajstić information content (AvgIpc) is 2.49. The summed E-state index contributed by atoms with van der Waals surface area (Å²) in [5.41, 5.74) is 1.19. The van der Waals surface area contributed by atoms with Crippen molar-refractivity contribution in [1.82, 2.24) is 9.59 Å². The molecule has 2 radical (unpaired) electrons. The van der Waals surface area contributed by atoms with Crippen molar-refractivity contribution < 1.29 is 4.79 Å². The van der Waals surface area contributed by atoms with E-state index in [1.807, 2.05) is 0 Å². The van der Waals surface area contributed by atoms with Crippen LogP contribution in [0.4, 0.5) is 0 Å². The molecule has 1 heterocycles. The minimum atomic E-state index is -0.440. The number of rotatable bonds is 1. The number of nitrogens with zero attached hydrogens (tertiary/aromatic N) is 2. The zero-order valence-electron chi connectivity index (χ0n) is 6.02. The van der Waals surface area contributed by atoms with Gasteiger partial charge in [0.15, 0.2) is 5.78 Å². The van der Waals surface area contributed by atoms with E-state index in [4.69, 9.17) is 6.92 Å². The molecule has 1 aromatic carbocycles. The summed E-state index contributed by atoms with van der Waals surface area (Å²) < 4.78 is 4.70. The van der Waals surface area contributed by atoms with Gasteiger partial charge in [-0.05, 0) is 29.7 Å². The van der Waals surface area contributed by atoms with Crippen molar-refractivity contribution in [1.29, 1.82) is 0 Å². The third-order valence-corrected chi connectivity index (χ3v) is 2.24. The van der Waals surface area contributed by atoms with Gasteiger partial charge in [-0.2, -0.15) is 0 Å². The third-order valence-electron chi connectivity index (χ3n) is 1.53. The zero-order chi connectivity index (χ0) is 8.55.